The lowest BCUT2D eigenvalue weighted by molar-refractivity contribution is -0.141. The van der Waals surface area contributed by atoms with E-state index in [0.29, 0.717) is 16.8 Å². The third kappa shape index (κ3) is 4.39. The summed E-state index contributed by atoms with van der Waals surface area (Å²) in [5.74, 6) is 0.296. The Morgan fingerprint density at radius 3 is 2.65 bits per heavy atom. The van der Waals surface area contributed by atoms with Crippen molar-refractivity contribution in [3.05, 3.63) is 69.6 Å². The van der Waals surface area contributed by atoms with E-state index in [1.807, 2.05) is 0 Å². The van der Waals surface area contributed by atoms with E-state index < -0.39 is 17.4 Å². The first-order valence-corrected chi connectivity index (χ1v) is 7.85. The van der Waals surface area contributed by atoms with Crippen LogP contribution in [0.3, 0.4) is 0 Å². The summed E-state index contributed by atoms with van der Waals surface area (Å²) < 4.78 is 39.6. The molecule has 2 aromatic rings. The fourth-order valence-electron chi connectivity index (χ4n) is 1.80. The predicted octanol–water partition coefficient (Wildman–Crippen LogP) is 4.39. The normalized spacial score (nSPS) is 11.5. The maximum Gasteiger partial charge on any atom is 0.433 e. The summed E-state index contributed by atoms with van der Waals surface area (Å²) in [7, 11) is 0. The molecule has 1 aromatic heterocycles. The Hall–Kier alpha value is -1.73. The van der Waals surface area contributed by atoms with Crippen molar-refractivity contribution in [1.29, 1.82) is 0 Å². The molecule has 0 saturated heterocycles. The zero-order chi connectivity index (χ0) is 17.0. The van der Waals surface area contributed by atoms with Crippen molar-refractivity contribution in [1.82, 2.24) is 9.55 Å². The summed E-state index contributed by atoms with van der Waals surface area (Å²) in [6, 6.07) is 7.47. The van der Waals surface area contributed by atoms with E-state index >= 15 is 0 Å². The lowest BCUT2D eigenvalue weighted by Crippen LogP contribution is -2.25. The van der Waals surface area contributed by atoms with Crippen LogP contribution in [0, 0.1) is 0 Å². The van der Waals surface area contributed by atoms with Crippen molar-refractivity contribution in [2.45, 2.75) is 23.6 Å². The van der Waals surface area contributed by atoms with Crippen molar-refractivity contribution in [2.24, 2.45) is 0 Å². The molecule has 0 atom stereocenters. The van der Waals surface area contributed by atoms with Crippen LogP contribution < -0.4 is 5.56 Å². The number of hydrogen-bond donors (Lipinski definition) is 0. The molecular formula is C15H12ClF3N2OS. The second-order valence-corrected chi connectivity index (χ2v) is 5.89. The van der Waals surface area contributed by atoms with Gasteiger partial charge in [0, 0.05) is 23.4 Å². The number of allylic oxidation sites excluding steroid dienone is 1. The van der Waals surface area contributed by atoms with Gasteiger partial charge in [-0.25, -0.2) is 4.98 Å². The van der Waals surface area contributed by atoms with Crippen molar-refractivity contribution in [3.63, 3.8) is 0 Å². The Morgan fingerprint density at radius 1 is 1.35 bits per heavy atom. The molecule has 0 radical (unpaired) electrons. The maximum absolute atomic E-state index is 12.8. The average molecular weight is 361 g/mol. The van der Waals surface area contributed by atoms with Gasteiger partial charge in [-0.05, 0) is 11.6 Å². The summed E-state index contributed by atoms with van der Waals surface area (Å²) in [5.41, 5.74) is -1.23. The first-order valence-electron chi connectivity index (χ1n) is 6.49. The molecule has 0 bridgehead atoms. The highest BCUT2D eigenvalue weighted by molar-refractivity contribution is 7.98. The summed E-state index contributed by atoms with van der Waals surface area (Å²) in [6.45, 7) is 3.58. The topological polar surface area (TPSA) is 34.9 Å². The molecule has 0 spiro atoms. The largest absolute Gasteiger partial charge is 0.433 e. The standard InChI is InChI=1S/C15H12ClF3N2OS/c1-2-7-21-13(22)8-12(15(17,18)19)20-14(21)23-9-10-5-3-4-6-11(10)16/h2-6,8H,1,7,9H2. The first-order chi connectivity index (χ1) is 10.8. The minimum atomic E-state index is -4.67. The molecule has 23 heavy (non-hydrogen) atoms. The molecule has 0 unspecified atom stereocenters. The molecular weight excluding hydrogens is 349 g/mol. The van der Waals surface area contributed by atoms with Crippen LogP contribution in [0.15, 0.2) is 52.9 Å². The molecule has 0 fully saturated rings. The summed E-state index contributed by atoms with van der Waals surface area (Å²) in [6.07, 6.45) is -3.25. The maximum atomic E-state index is 12.8. The van der Waals surface area contributed by atoms with Gasteiger partial charge in [-0.15, -0.1) is 6.58 Å². The van der Waals surface area contributed by atoms with Gasteiger partial charge in [0.15, 0.2) is 10.9 Å². The number of halogens is 4. The average Bonchev–Trinajstić information content (AvgIpc) is 2.48. The van der Waals surface area contributed by atoms with Crippen molar-refractivity contribution < 1.29 is 13.2 Å². The fourth-order valence-corrected chi connectivity index (χ4v) is 3.10. The Kier molecular flexibility index (Phi) is 5.54. The Balaban J connectivity index is 2.38. The van der Waals surface area contributed by atoms with E-state index in [1.165, 1.54) is 6.08 Å². The van der Waals surface area contributed by atoms with E-state index in [4.69, 9.17) is 11.6 Å². The Labute approximate surface area is 139 Å². The van der Waals surface area contributed by atoms with Crippen molar-refractivity contribution >= 4 is 23.4 Å². The van der Waals surface area contributed by atoms with Gasteiger partial charge in [-0.3, -0.25) is 9.36 Å². The lowest BCUT2D eigenvalue weighted by atomic mass is 10.2. The number of rotatable bonds is 5. The van der Waals surface area contributed by atoms with E-state index in [2.05, 4.69) is 11.6 Å². The number of aromatic nitrogens is 2. The van der Waals surface area contributed by atoms with Gasteiger partial charge in [0.05, 0.1) is 0 Å². The predicted molar refractivity (Wildman–Crippen MR) is 84.7 cm³/mol. The second-order valence-electron chi connectivity index (χ2n) is 4.54. The Morgan fingerprint density at radius 2 is 2.04 bits per heavy atom. The van der Waals surface area contributed by atoms with Crippen LogP contribution >= 0.6 is 23.4 Å². The van der Waals surface area contributed by atoms with Crippen molar-refractivity contribution in [3.8, 4) is 0 Å². The van der Waals surface area contributed by atoms with Gasteiger partial charge >= 0.3 is 6.18 Å². The molecule has 1 aromatic carbocycles. The van der Waals surface area contributed by atoms with Crippen LogP contribution in [0.5, 0.6) is 0 Å². The number of nitrogens with zero attached hydrogens (tertiary/aromatic N) is 2. The molecule has 0 aliphatic carbocycles. The molecule has 8 heteroatoms. The molecule has 0 aliphatic heterocycles. The fraction of sp³-hybridized carbons (Fsp3) is 0.200. The molecule has 0 amide bonds. The molecule has 0 aliphatic rings. The number of alkyl halides is 3. The third-order valence-electron chi connectivity index (χ3n) is 2.89. The van der Waals surface area contributed by atoms with Crippen molar-refractivity contribution in [2.75, 3.05) is 0 Å². The summed E-state index contributed by atoms with van der Waals surface area (Å²) in [5, 5.41) is 0.481. The SMILES string of the molecule is C=CCn1c(SCc2ccccc2Cl)nc(C(F)(F)F)cc1=O. The third-order valence-corrected chi connectivity index (χ3v) is 4.28. The monoisotopic (exact) mass is 360 g/mol. The smallest absolute Gasteiger partial charge is 0.284 e. The summed E-state index contributed by atoms with van der Waals surface area (Å²) >= 11 is 7.05. The van der Waals surface area contributed by atoms with Gasteiger partial charge in [0.25, 0.3) is 5.56 Å². The molecule has 3 nitrogen and oxygen atoms in total. The highest BCUT2D eigenvalue weighted by Crippen LogP contribution is 2.30. The molecule has 122 valence electrons. The van der Waals surface area contributed by atoms with Crippen LogP contribution in [0.25, 0.3) is 0 Å². The Bertz CT molecular complexity index is 774. The van der Waals surface area contributed by atoms with Gasteiger partial charge < -0.3 is 0 Å². The number of thioether (sulfide) groups is 1. The minimum Gasteiger partial charge on any atom is -0.284 e. The van der Waals surface area contributed by atoms with Crippen LogP contribution in [0.1, 0.15) is 11.3 Å². The van der Waals surface area contributed by atoms with Crippen LogP contribution in [0.4, 0.5) is 13.2 Å². The van der Waals surface area contributed by atoms with Crippen LogP contribution in [-0.2, 0) is 18.5 Å². The van der Waals surface area contributed by atoms with Crippen LogP contribution in [0.2, 0.25) is 5.02 Å². The highest BCUT2D eigenvalue weighted by Gasteiger charge is 2.34. The van der Waals surface area contributed by atoms with Gasteiger partial charge in [-0.2, -0.15) is 13.2 Å². The van der Waals surface area contributed by atoms with Gasteiger partial charge in [-0.1, -0.05) is 47.6 Å². The second kappa shape index (κ2) is 7.23. The first kappa shape index (κ1) is 17.6. The van der Waals surface area contributed by atoms with Gasteiger partial charge in [0.1, 0.15) is 0 Å². The van der Waals surface area contributed by atoms with E-state index in [9.17, 15) is 18.0 Å². The summed E-state index contributed by atoms with van der Waals surface area (Å²) in [4.78, 5) is 15.5. The van der Waals surface area contributed by atoms with Gasteiger partial charge in [0.2, 0.25) is 0 Å². The van der Waals surface area contributed by atoms with E-state index in [-0.39, 0.29) is 11.7 Å². The van der Waals surface area contributed by atoms with E-state index in [1.54, 1.807) is 24.3 Å². The minimum absolute atomic E-state index is 0.0235. The highest BCUT2D eigenvalue weighted by atomic mass is 35.5. The number of hydrogen-bond acceptors (Lipinski definition) is 3. The molecule has 0 N–H and O–H groups in total. The lowest BCUT2D eigenvalue weighted by Gasteiger charge is -2.13. The van der Waals surface area contributed by atoms with Crippen LogP contribution in [-0.4, -0.2) is 9.55 Å². The zero-order valence-electron chi connectivity index (χ0n) is 11.8. The molecule has 0 saturated carbocycles. The molecule has 1 heterocycles. The van der Waals surface area contributed by atoms with E-state index in [0.717, 1.165) is 21.9 Å². The quantitative estimate of drug-likeness (QED) is 0.450. The molecule has 2 rings (SSSR count). The number of benzene rings is 1. The zero-order valence-corrected chi connectivity index (χ0v) is 13.4.